The predicted octanol–water partition coefficient (Wildman–Crippen LogP) is 2.50. The normalized spacial score (nSPS) is 16.2. The van der Waals surface area contributed by atoms with E-state index in [1.54, 1.807) is 0 Å². The van der Waals surface area contributed by atoms with E-state index < -0.39 is 0 Å². The van der Waals surface area contributed by atoms with Crippen LogP contribution in [0.4, 0.5) is 0 Å². The summed E-state index contributed by atoms with van der Waals surface area (Å²) in [6.45, 7) is 5.61. The summed E-state index contributed by atoms with van der Waals surface area (Å²) in [5.41, 5.74) is 7.26. The van der Waals surface area contributed by atoms with Crippen molar-refractivity contribution >= 4 is 0 Å². The Morgan fingerprint density at radius 1 is 1.19 bits per heavy atom. The first kappa shape index (κ1) is 11.3. The first-order valence-electron chi connectivity index (χ1n) is 5.82. The number of benzene rings is 1. The van der Waals surface area contributed by atoms with Crippen LogP contribution >= 0.6 is 0 Å². The lowest BCUT2D eigenvalue weighted by atomic mass is 9.97. The van der Waals surface area contributed by atoms with Crippen molar-refractivity contribution in [3.8, 4) is 11.5 Å². The molecule has 1 aromatic rings. The van der Waals surface area contributed by atoms with E-state index >= 15 is 0 Å². The van der Waals surface area contributed by atoms with Crippen LogP contribution in [-0.4, -0.2) is 13.2 Å². The first-order valence-corrected chi connectivity index (χ1v) is 5.82. The van der Waals surface area contributed by atoms with E-state index in [2.05, 4.69) is 13.8 Å². The molecule has 0 aliphatic carbocycles. The molecule has 1 aromatic carbocycles. The molecule has 3 heteroatoms. The SMILES string of the molecule is CC(C)CC(N)c1ccc2c(c1)OCCO2. The van der Waals surface area contributed by atoms with E-state index in [1.807, 2.05) is 18.2 Å². The first-order chi connectivity index (χ1) is 7.66. The average molecular weight is 221 g/mol. The highest BCUT2D eigenvalue weighted by atomic mass is 16.6. The third-order valence-corrected chi connectivity index (χ3v) is 2.72. The van der Waals surface area contributed by atoms with Crippen molar-refractivity contribution in [3.05, 3.63) is 23.8 Å². The van der Waals surface area contributed by atoms with Gasteiger partial charge in [-0.1, -0.05) is 19.9 Å². The van der Waals surface area contributed by atoms with Crippen LogP contribution in [-0.2, 0) is 0 Å². The highest BCUT2D eigenvalue weighted by Gasteiger charge is 2.15. The van der Waals surface area contributed by atoms with E-state index in [-0.39, 0.29) is 6.04 Å². The molecule has 2 N–H and O–H groups in total. The summed E-state index contributed by atoms with van der Waals surface area (Å²) >= 11 is 0. The maximum absolute atomic E-state index is 6.13. The van der Waals surface area contributed by atoms with Gasteiger partial charge in [0, 0.05) is 6.04 Å². The summed E-state index contributed by atoms with van der Waals surface area (Å²) in [7, 11) is 0. The lowest BCUT2D eigenvalue weighted by Crippen LogP contribution is -2.17. The largest absolute Gasteiger partial charge is 0.486 e. The van der Waals surface area contributed by atoms with Crippen molar-refractivity contribution < 1.29 is 9.47 Å². The van der Waals surface area contributed by atoms with Crippen molar-refractivity contribution in [2.75, 3.05) is 13.2 Å². The Kier molecular flexibility index (Phi) is 3.34. The molecule has 16 heavy (non-hydrogen) atoms. The van der Waals surface area contributed by atoms with Crippen molar-refractivity contribution in [3.63, 3.8) is 0 Å². The monoisotopic (exact) mass is 221 g/mol. The van der Waals surface area contributed by atoms with Gasteiger partial charge >= 0.3 is 0 Å². The molecule has 0 spiro atoms. The van der Waals surface area contributed by atoms with Gasteiger partial charge in [-0.3, -0.25) is 0 Å². The van der Waals surface area contributed by atoms with Crippen molar-refractivity contribution in [2.45, 2.75) is 26.3 Å². The smallest absolute Gasteiger partial charge is 0.161 e. The van der Waals surface area contributed by atoms with Crippen molar-refractivity contribution in [1.82, 2.24) is 0 Å². The van der Waals surface area contributed by atoms with Gasteiger partial charge in [0.2, 0.25) is 0 Å². The topological polar surface area (TPSA) is 44.5 Å². The summed E-state index contributed by atoms with van der Waals surface area (Å²) in [5.74, 6) is 2.25. The van der Waals surface area contributed by atoms with E-state index in [0.29, 0.717) is 19.1 Å². The van der Waals surface area contributed by atoms with Gasteiger partial charge in [-0.2, -0.15) is 0 Å². The zero-order chi connectivity index (χ0) is 11.5. The zero-order valence-corrected chi connectivity index (χ0v) is 9.90. The molecule has 3 nitrogen and oxygen atoms in total. The molecule has 0 saturated carbocycles. The molecule has 0 amide bonds. The summed E-state index contributed by atoms with van der Waals surface area (Å²) in [4.78, 5) is 0. The van der Waals surface area contributed by atoms with Gasteiger partial charge in [0.05, 0.1) is 0 Å². The molecule has 0 fully saturated rings. The third kappa shape index (κ3) is 2.47. The molecule has 1 aliphatic heterocycles. The summed E-state index contributed by atoms with van der Waals surface area (Å²) in [6.07, 6.45) is 0.986. The van der Waals surface area contributed by atoms with Crippen LogP contribution in [0, 0.1) is 5.92 Å². The minimum absolute atomic E-state index is 0.0795. The second kappa shape index (κ2) is 4.74. The van der Waals surface area contributed by atoms with Crippen LogP contribution in [0.1, 0.15) is 31.9 Å². The minimum atomic E-state index is 0.0795. The van der Waals surface area contributed by atoms with E-state index in [4.69, 9.17) is 15.2 Å². The molecule has 1 atom stereocenters. The van der Waals surface area contributed by atoms with Gasteiger partial charge < -0.3 is 15.2 Å². The standard InChI is InChI=1S/C13H19NO2/c1-9(2)7-11(14)10-3-4-12-13(8-10)16-6-5-15-12/h3-4,8-9,11H,5-7,14H2,1-2H3. The molecular weight excluding hydrogens is 202 g/mol. The van der Waals surface area contributed by atoms with Gasteiger partial charge in [-0.15, -0.1) is 0 Å². The van der Waals surface area contributed by atoms with Crippen LogP contribution in [0.25, 0.3) is 0 Å². The Balaban J connectivity index is 2.16. The number of fused-ring (bicyclic) bond motifs is 1. The minimum Gasteiger partial charge on any atom is -0.486 e. The number of hydrogen-bond donors (Lipinski definition) is 1. The van der Waals surface area contributed by atoms with Gasteiger partial charge in [0.15, 0.2) is 11.5 Å². The summed E-state index contributed by atoms with van der Waals surface area (Å²) < 4.78 is 11.0. The van der Waals surface area contributed by atoms with Gasteiger partial charge in [-0.25, -0.2) is 0 Å². The Labute approximate surface area is 96.5 Å². The number of hydrogen-bond acceptors (Lipinski definition) is 3. The van der Waals surface area contributed by atoms with Crippen LogP contribution in [0.5, 0.6) is 11.5 Å². The summed E-state index contributed by atoms with van der Waals surface area (Å²) in [6, 6.07) is 6.06. The third-order valence-electron chi connectivity index (χ3n) is 2.72. The molecule has 1 aliphatic rings. The second-order valence-electron chi connectivity index (χ2n) is 4.64. The van der Waals surface area contributed by atoms with Crippen LogP contribution < -0.4 is 15.2 Å². The average Bonchev–Trinajstić information content (AvgIpc) is 2.27. The molecular formula is C13H19NO2. The molecule has 88 valence electrons. The highest BCUT2D eigenvalue weighted by molar-refractivity contribution is 5.44. The lowest BCUT2D eigenvalue weighted by molar-refractivity contribution is 0.171. The van der Waals surface area contributed by atoms with Gasteiger partial charge in [-0.05, 0) is 30.0 Å². The maximum Gasteiger partial charge on any atom is 0.161 e. The van der Waals surface area contributed by atoms with Crippen molar-refractivity contribution in [1.29, 1.82) is 0 Å². The zero-order valence-electron chi connectivity index (χ0n) is 9.90. The fraction of sp³-hybridized carbons (Fsp3) is 0.538. The van der Waals surface area contributed by atoms with E-state index in [1.165, 1.54) is 0 Å². The molecule has 0 saturated heterocycles. The van der Waals surface area contributed by atoms with Gasteiger partial charge in [0.25, 0.3) is 0 Å². The molecule has 1 unspecified atom stereocenters. The number of ether oxygens (including phenoxy) is 2. The number of rotatable bonds is 3. The Hall–Kier alpha value is -1.22. The predicted molar refractivity (Wildman–Crippen MR) is 63.8 cm³/mol. The molecule has 0 radical (unpaired) electrons. The molecule has 0 bridgehead atoms. The molecule has 2 rings (SSSR count). The van der Waals surface area contributed by atoms with E-state index in [9.17, 15) is 0 Å². The van der Waals surface area contributed by atoms with Crippen molar-refractivity contribution in [2.24, 2.45) is 11.7 Å². The Morgan fingerprint density at radius 2 is 1.88 bits per heavy atom. The summed E-state index contributed by atoms with van der Waals surface area (Å²) in [5, 5.41) is 0. The molecule has 1 heterocycles. The molecule has 0 aromatic heterocycles. The fourth-order valence-electron chi connectivity index (χ4n) is 1.93. The van der Waals surface area contributed by atoms with Crippen LogP contribution in [0.3, 0.4) is 0 Å². The Bertz CT molecular complexity index is 363. The number of nitrogens with two attached hydrogens (primary N) is 1. The quantitative estimate of drug-likeness (QED) is 0.853. The van der Waals surface area contributed by atoms with Crippen LogP contribution in [0.2, 0.25) is 0 Å². The fourth-order valence-corrected chi connectivity index (χ4v) is 1.93. The van der Waals surface area contributed by atoms with E-state index in [0.717, 1.165) is 23.5 Å². The Morgan fingerprint density at radius 3 is 2.56 bits per heavy atom. The lowest BCUT2D eigenvalue weighted by Gasteiger charge is -2.21. The highest BCUT2D eigenvalue weighted by Crippen LogP contribution is 2.33. The van der Waals surface area contributed by atoms with Gasteiger partial charge in [0.1, 0.15) is 13.2 Å². The maximum atomic E-state index is 6.13. The second-order valence-corrected chi connectivity index (χ2v) is 4.64. The van der Waals surface area contributed by atoms with Crippen LogP contribution in [0.15, 0.2) is 18.2 Å².